The maximum atomic E-state index is 13.2. The summed E-state index contributed by atoms with van der Waals surface area (Å²) in [6.45, 7) is 1.69. The van der Waals surface area contributed by atoms with E-state index in [1.807, 2.05) is 12.1 Å². The Morgan fingerprint density at radius 1 is 1.20 bits per heavy atom. The van der Waals surface area contributed by atoms with Crippen molar-refractivity contribution >= 4 is 5.97 Å². The SMILES string of the molecule is CCOC(=O)COC(C)(CNCCc1ccc(OC)cc1)C(F)(F)F. The molecule has 0 bridgehead atoms. The first kappa shape index (κ1) is 21.2. The van der Waals surface area contributed by atoms with Gasteiger partial charge < -0.3 is 19.5 Å². The van der Waals surface area contributed by atoms with Crippen LogP contribution in [0.25, 0.3) is 0 Å². The lowest BCUT2D eigenvalue weighted by atomic mass is 10.1. The van der Waals surface area contributed by atoms with Crippen LogP contribution in [0.2, 0.25) is 0 Å². The zero-order chi connectivity index (χ0) is 18.9. The van der Waals surface area contributed by atoms with E-state index in [-0.39, 0.29) is 6.61 Å². The van der Waals surface area contributed by atoms with E-state index in [2.05, 4.69) is 10.1 Å². The van der Waals surface area contributed by atoms with Crippen LogP contribution in [0.3, 0.4) is 0 Å². The van der Waals surface area contributed by atoms with Gasteiger partial charge in [-0.15, -0.1) is 0 Å². The molecule has 5 nitrogen and oxygen atoms in total. The molecule has 0 radical (unpaired) electrons. The van der Waals surface area contributed by atoms with E-state index in [1.165, 1.54) is 0 Å². The number of hydrogen-bond acceptors (Lipinski definition) is 5. The Morgan fingerprint density at radius 2 is 1.84 bits per heavy atom. The second kappa shape index (κ2) is 9.62. The van der Waals surface area contributed by atoms with Crippen molar-refractivity contribution < 1.29 is 32.2 Å². The van der Waals surface area contributed by atoms with Gasteiger partial charge in [-0.1, -0.05) is 12.1 Å². The van der Waals surface area contributed by atoms with Crippen LogP contribution in [0.5, 0.6) is 5.75 Å². The summed E-state index contributed by atoms with van der Waals surface area (Å²) in [6, 6.07) is 7.27. The molecule has 1 unspecified atom stereocenters. The standard InChI is InChI=1S/C17H24F3NO4/c1-4-24-15(22)11-25-16(2,17(18,19)20)12-21-10-9-13-5-7-14(23-3)8-6-13/h5-8,21H,4,9-12H2,1-3H3. The van der Waals surface area contributed by atoms with Gasteiger partial charge in [-0.2, -0.15) is 13.2 Å². The van der Waals surface area contributed by atoms with Crippen molar-refractivity contribution in [2.45, 2.75) is 32.0 Å². The predicted molar refractivity (Wildman–Crippen MR) is 86.6 cm³/mol. The molecule has 0 aromatic heterocycles. The molecule has 1 aromatic carbocycles. The quantitative estimate of drug-likeness (QED) is 0.512. The van der Waals surface area contributed by atoms with E-state index in [4.69, 9.17) is 9.47 Å². The minimum absolute atomic E-state index is 0.0883. The van der Waals surface area contributed by atoms with E-state index in [9.17, 15) is 18.0 Å². The van der Waals surface area contributed by atoms with E-state index < -0.39 is 30.9 Å². The Bertz CT molecular complexity index is 534. The first-order valence-electron chi connectivity index (χ1n) is 7.92. The largest absolute Gasteiger partial charge is 0.497 e. The van der Waals surface area contributed by atoms with Gasteiger partial charge in [0.1, 0.15) is 12.4 Å². The van der Waals surface area contributed by atoms with Crippen LogP contribution >= 0.6 is 0 Å². The summed E-state index contributed by atoms with van der Waals surface area (Å²) in [5.41, 5.74) is -1.51. The normalized spacial score (nSPS) is 14.0. The number of alkyl halides is 3. The van der Waals surface area contributed by atoms with Gasteiger partial charge in [0.25, 0.3) is 0 Å². The average Bonchev–Trinajstić information content (AvgIpc) is 2.57. The van der Waals surface area contributed by atoms with Crippen LogP contribution in [0.1, 0.15) is 19.4 Å². The van der Waals surface area contributed by atoms with Crippen LogP contribution in [0, 0.1) is 0 Å². The number of benzene rings is 1. The third kappa shape index (κ3) is 6.91. The number of methoxy groups -OCH3 is 1. The summed E-state index contributed by atoms with van der Waals surface area (Å²) in [5.74, 6) is -0.107. The highest BCUT2D eigenvalue weighted by Gasteiger charge is 2.52. The van der Waals surface area contributed by atoms with Gasteiger partial charge in [0.15, 0.2) is 5.60 Å². The zero-order valence-electron chi connectivity index (χ0n) is 14.6. The number of hydrogen-bond donors (Lipinski definition) is 1. The maximum Gasteiger partial charge on any atom is 0.418 e. The highest BCUT2D eigenvalue weighted by Crippen LogP contribution is 2.33. The Balaban J connectivity index is 2.50. The van der Waals surface area contributed by atoms with Crippen molar-refractivity contribution in [2.24, 2.45) is 0 Å². The molecule has 142 valence electrons. The van der Waals surface area contributed by atoms with Crippen LogP contribution in [0.15, 0.2) is 24.3 Å². The minimum atomic E-state index is -4.62. The number of rotatable bonds is 10. The lowest BCUT2D eigenvalue weighted by Crippen LogP contribution is -2.53. The van der Waals surface area contributed by atoms with E-state index >= 15 is 0 Å². The van der Waals surface area contributed by atoms with Crippen LogP contribution < -0.4 is 10.1 Å². The summed E-state index contributed by atoms with van der Waals surface area (Å²) < 4.78 is 54.2. The molecule has 1 aromatic rings. The summed E-state index contributed by atoms with van der Waals surface area (Å²) >= 11 is 0. The fourth-order valence-electron chi connectivity index (χ4n) is 2.01. The molecule has 0 aliphatic rings. The number of esters is 1. The van der Waals surface area contributed by atoms with Crippen molar-refractivity contribution in [2.75, 3.05) is 33.4 Å². The molecule has 0 aliphatic heterocycles. The molecule has 8 heteroatoms. The molecule has 0 saturated carbocycles. The van der Waals surface area contributed by atoms with E-state index in [0.29, 0.717) is 18.7 Å². The van der Waals surface area contributed by atoms with E-state index in [0.717, 1.165) is 12.5 Å². The van der Waals surface area contributed by atoms with Gasteiger partial charge in [-0.3, -0.25) is 0 Å². The maximum absolute atomic E-state index is 13.2. The molecule has 0 saturated heterocycles. The zero-order valence-corrected chi connectivity index (χ0v) is 14.6. The Labute approximate surface area is 145 Å². The molecule has 0 spiro atoms. The lowest BCUT2D eigenvalue weighted by Gasteiger charge is -2.32. The number of ether oxygens (including phenoxy) is 3. The molecular weight excluding hydrogens is 339 g/mol. The second-order valence-corrected chi connectivity index (χ2v) is 5.60. The number of carbonyl (C=O) groups is 1. The third-order valence-electron chi connectivity index (χ3n) is 3.63. The molecule has 0 amide bonds. The average molecular weight is 363 g/mol. The molecule has 1 atom stereocenters. The molecule has 0 heterocycles. The van der Waals surface area contributed by atoms with Gasteiger partial charge >= 0.3 is 12.1 Å². The van der Waals surface area contributed by atoms with Crippen LogP contribution in [-0.2, 0) is 20.7 Å². The van der Waals surface area contributed by atoms with Crippen LogP contribution in [0.4, 0.5) is 13.2 Å². The number of nitrogens with one attached hydrogen (secondary N) is 1. The summed E-state index contributed by atoms with van der Waals surface area (Å²) in [7, 11) is 1.56. The van der Waals surface area contributed by atoms with Crippen molar-refractivity contribution in [3.63, 3.8) is 0 Å². The third-order valence-corrected chi connectivity index (χ3v) is 3.63. The fourth-order valence-corrected chi connectivity index (χ4v) is 2.01. The Kier molecular flexibility index (Phi) is 8.18. The van der Waals surface area contributed by atoms with E-state index in [1.54, 1.807) is 26.2 Å². The first-order chi connectivity index (χ1) is 11.7. The Hall–Kier alpha value is -1.80. The van der Waals surface area contributed by atoms with Crippen molar-refractivity contribution in [1.29, 1.82) is 0 Å². The highest BCUT2D eigenvalue weighted by molar-refractivity contribution is 5.70. The van der Waals surface area contributed by atoms with Gasteiger partial charge in [0.05, 0.1) is 13.7 Å². The minimum Gasteiger partial charge on any atom is -0.497 e. The fraction of sp³-hybridized carbons (Fsp3) is 0.588. The number of halogens is 3. The molecule has 0 aliphatic carbocycles. The van der Waals surface area contributed by atoms with Gasteiger partial charge in [-0.05, 0) is 44.5 Å². The molecule has 25 heavy (non-hydrogen) atoms. The highest BCUT2D eigenvalue weighted by atomic mass is 19.4. The van der Waals surface area contributed by atoms with Gasteiger partial charge in [0.2, 0.25) is 0 Å². The summed E-state index contributed by atoms with van der Waals surface area (Å²) in [6.07, 6.45) is -4.07. The van der Waals surface area contributed by atoms with Crippen molar-refractivity contribution in [1.82, 2.24) is 5.32 Å². The monoisotopic (exact) mass is 363 g/mol. The lowest BCUT2D eigenvalue weighted by molar-refractivity contribution is -0.268. The molecular formula is C17H24F3NO4. The first-order valence-corrected chi connectivity index (χ1v) is 7.92. The second-order valence-electron chi connectivity index (χ2n) is 5.60. The summed E-state index contributed by atoms with van der Waals surface area (Å²) in [4.78, 5) is 11.2. The molecule has 1 N–H and O–H groups in total. The smallest absolute Gasteiger partial charge is 0.418 e. The molecule has 0 fully saturated rings. The van der Waals surface area contributed by atoms with Crippen molar-refractivity contribution in [3.8, 4) is 5.75 Å². The topological polar surface area (TPSA) is 56.8 Å². The van der Waals surface area contributed by atoms with Gasteiger partial charge in [0, 0.05) is 6.54 Å². The number of carbonyl (C=O) groups excluding carboxylic acids is 1. The van der Waals surface area contributed by atoms with Crippen molar-refractivity contribution in [3.05, 3.63) is 29.8 Å². The summed E-state index contributed by atoms with van der Waals surface area (Å²) in [5, 5.41) is 2.74. The predicted octanol–water partition coefficient (Wildman–Crippen LogP) is 2.73. The molecule has 1 rings (SSSR count). The van der Waals surface area contributed by atoms with Crippen LogP contribution in [-0.4, -0.2) is 51.2 Å². The Morgan fingerprint density at radius 3 is 2.36 bits per heavy atom. The van der Waals surface area contributed by atoms with Gasteiger partial charge in [-0.25, -0.2) is 4.79 Å².